The van der Waals surface area contributed by atoms with Crippen LogP contribution in [-0.2, 0) is 14.3 Å². The zero-order valence-electron chi connectivity index (χ0n) is 32.3. The van der Waals surface area contributed by atoms with E-state index in [1.807, 2.05) is 0 Å². The smallest absolute Gasteiger partial charge is 0.307 e. The summed E-state index contributed by atoms with van der Waals surface area (Å²) in [5.41, 5.74) is 6.70. The van der Waals surface area contributed by atoms with Crippen molar-refractivity contribution < 1.29 is 19.4 Å². The molecule has 0 aromatic carbocycles. The molecule has 6 rings (SSSR count). The summed E-state index contributed by atoms with van der Waals surface area (Å²) in [6, 6.07) is -0.0151. The van der Waals surface area contributed by atoms with E-state index in [1.165, 1.54) is 5.57 Å². The number of carbonyl (C=O) groups is 1. The maximum atomic E-state index is 13.6. The van der Waals surface area contributed by atoms with Gasteiger partial charge in [0.1, 0.15) is 6.33 Å². The number of ether oxygens (including phenoxy) is 2. The van der Waals surface area contributed by atoms with Crippen molar-refractivity contribution in [2.75, 3.05) is 25.6 Å². The van der Waals surface area contributed by atoms with Crippen LogP contribution in [-0.4, -0.2) is 63.1 Å². The lowest BCUT2D eigenvalue weighted by atomic mass is 9.34. The van der Waals surface area contributed by atoms with Crippen molar-refractivity contribution in [2.45, 2.75) is 138 Å². The molecule has 5 aliphatic rings. The molecule has 276 valence electrons. The predicted molar refractivity (Wildman–Crippen MR) is 196 cm³/mol. The van der Waals surface area contributed by atoms with Crippen LogP contribution in [0, 0.1) is 62.6 Å². The van der Waals surface area contributed by atoms with Crippen molar-refractivity contribution in [3.63, 3.8) is 0 Å². The maximum absolute atomic E-state index is 13.6. The molecule has 0 spiro atoms. The molecule has 4 fully saturated rings. The molecule has 9 heteroatoms. The highest BCUT2D eigenvalue weighted by Gasteiger charge is 2.72. The number of aromatic nitrogens is 3. The van der Waals surface area contributed by atoms with Gasteiger partial charge in [0, 0.05) is 11.0 Å². The normalized spacial score (nSPS) is 43.6. The van der Waals surface area contributed by atoms with Crippen LogP contribution < -0.4 is 5.73 Å². The summed E-state index contributed by atoms with van der Waals surface area (Å²) in [7, 11) is 0. The van der Waals surface area contributed by atoms with E-state index in [-0.39, 0.29) is 51.1 Å². The third kappa shape index (κ3) is 5.35. The molecule has 1 saturated heterocycles. The Morgan fingerprint density at radius 1 is 1.14 bits per heavy atom. The summed E-state index contributed by atoms with van der Waals surface area (Å²) in [5.74, 6) is 1.51. The standard InChI is InChI=1S/C40H66N4O4S/c1-12-49-34-42-23-43-44(34)29-19-35(7)20-47-22-40(32(29)48-21-39(11,41)25(4)5)28-15-16-38(10)31(33(45)46)36(8,26(6)24(2)3)17-18-37(38,9)27(28)13-14-30(35)40/h15,23-27,29-32H,12-14,16-22,41H2,1-11H3,(H,45,46)/t26-,27+,29-,30-,31-,32+,35-,36-,37-,38+,39+,40+/m1/s1. The van der Waals surface area contributed by atoms with E-state index in [0.717, 1.165) is 56.0 Å². The summed E-state index contributed by atoms with van der Waals surface area (Å²) < 4.78 is 16.2. The summed E-state index contributed by atoms with van der Waals surface area (Å²) in [6.45, 7) is 26.7. The summed E-state index contributed by atoms with van der Waals surface area (Å²) in [6.07, 6.45) is 9.83. The van der Waals surface area contributed by atoms with Crippen molar-refractivity contribution in [1.29, 1.82) is 0 Å². The molecule has 12 atom stereocenters. The Hall–Kier alpha value is -1.42. The molecule has 4 aliphatic carbocycles. The zero-order valence-corrected chi connectivity index (χ0v) is 33.2. The van der Waals surface area contributed by atoms with Crippen LogP contribution in [0.2, 0.25) is 0 Å². The van der Waals surface area contributed by atoms with E-state index in [2.05, 4.69) is 86.9 Å². The van der Waals surface area contributed by atoms with Gasteiger partial charge >= 0.3 is 5.97 Å². The number of hydrogen-bond acceptors (Lipinski definition) is 7. The fourth-order valence-corrected chi connectivity index (χ4v) is 12.9. The van der Waals surface area contributed by atoms with Crippen LogP contribution in [0.1, 0.15) is 121 Å². The van der Waals surface area contributed by atoms with Crippen LogP contribution in [0.4, 0.5) is 0 Å². The minimum atomic E-state index is -0.623. The topological polar surface area (TPSA) is 112 Å². The van der Waals surface area contributed by atoms with Crippen molar-refractivity contribution in [3.05, 3.63) is 18.0 Å². The molecule has 0 amide bonds. The van der Waals surface area contributed by atoms with Gasteiger partial charge in [0.15, 0.2) is 5.16 Å². The van der Waals surface area contributed by atoms with E-state index in [1.54, 1.807) is 18.1 Å². The van der Waals surface area contributed by atoms with Gasteiger partial charge in [-0.15, -0.1) is 0 Å². The number of hydrogen-bond donors (Lipinski definition) is 2. The highest BCUT2D eigenvalue weighted by molar-refractivity contribution is 7.99. The third-order valence-electron chi connectivity index (χ3n) is 16.0. The Bertz CT molecular complexity index is 1440. The number of rotatable bonds is 10. The van der Waals surface area contributed by atoms with Crippen LogP contribution >= 0.6 is 11.8 Å². The maximum Gasteiger partial charge on any atom is 0.307 e. The van der Waals surface area contributed by atoms with Crippen molar-refractivity contribution >= 4 is 17.7 Å². The molecule has 2 heterocycles. The second-order valence-electron chi connectivity index (χ2n) is 19.0. The quantitative estimate of drug-likeness (QED) is 0.186. The van der Waals surface area contributed by atoms with Gasteiger partial charge in [0.05, 0.1) is 37.9 Å². The Labute approximate surface area is 300 Å². The number of nitrogens with two attached hydrogens (primary N) is 1. The van der Waals surface area contributed by atoms with E-state index >= 15 is 0 Å². The van der Waals surface area contributed by atoms with Gasteiger partial charge in [-0.1, -0.05) is 92.6 Å². The van der Waals surface area contributed by atoms with E-state index < -0.39 is 17.4 Å². The fourth-order valence-electron chi connectivity index (χ4n) is 12.2. The Morgan fingerprint density at radius 3 is 2.49 bits per heavy atom. The average molecular weight is 699 g/mol. The minimum Gasteiger partial charge on any atom is -0.481 e. The van der Waals surface area contributed by atoms with Crippen molar-refractivity contribution in [3.8, 4) is 0 Å². The number of nitrogens with zero attached hydrogens (tertiary/aromatic N) is 3. The molecule has 1 aromatic heterocycles. The first-order valence-electron chi connectivity index (χ1n) is 19.3. The van der Waals surface area contributed by atoms with Crippen LogP contribution in [0.3, 0.4) is 0 Å². The SMILES string of the molecule is CCSc1ncnn1[C@@H]1C[C@]2(C)COC[C@@]3(C4=CC[C@@]5(C)[C@H](C(=O)O)[C@@](C)([C@H](C)C(C)C)CC[C@]5(C)[C@H]4CC[C@H]23)[C@H]1OC[C@](C)(N)C(C)C. The first kappa shape index (κ1) is 37.3. The molecule has 2 bridgehead atoms. The summed E-state index contributed by atoms with van der Waals surface area (Å²) in [5, 5.41) is 17.0. The Balaban J connectivity index is 1.52. The van der Waals surface area contributed by atoms with Gasteiger partial charge in [-0.25, -0.2) is 9.67 Å². The molecule has 1 aliphatic heterocycles. The third-order valence-corrected chi connectivity index (χ3v) is 16.9. The molecule has 49 heavy (non-hydrogen) atoms. The number of fused-ring (bicyclic) bond motifs is 3. The first-order valence-corrected chi connectivity index (χ1v) is 20.3. The Morgan fingerprint density at radius 2 is 1.86 bits per heavy atom. The number of carboxylic acid groups (broad SMARTS) is 1. The lowest BCUT2D eigenvalue weighted by Crippen LogP contribution is -2.70. The largest absolute Gasteiger partial charge is 0.481 e. The predicted octanol–water partition coefficient (Wildman–Crippen LogP) is 8.28. The first-order chi connectivity index (χ1) is 22.8. The van der Waals surface area contributed by atoms with Crippen LogP contribution in [0.5, 0.6) is 0 Å². The molecule has 0 unspecified atom stereocenters. The fraction of sp³-hybridized carbons (Fsp3) is 0.875. The number of allylic oxidation sites excluding steroid dienone is 1. The lowest BCUT2D eigenvalue weighted by Gasteiger charge is -2.71. The van der Waals surface area contributed by atoms with Gasteiger partial charge in [-0.05, 0) is 102 Å². The number of aliphatic carboxylic acids is 1. The molecule has 3 N–H and O–H groups in total. The highest BCUT2D eigenvalue weighted by Crippen LogP contribution is 2.75. The van der Waals surface area contributed by atoms with Crippen LogP contribution in [0.15, 0.2) is 23.1 Å². The van der Waals surface area contributed by atoms with Crippen molar-refractivity contribution in [1.82, 2.24) is 14.8 Å². The molecule has 0 radical (unpaired) electrons. The van der Waals surface area contributed by atoms with E-state index in [0.29, 0.717) is 31.0 Å². The van der Waals surface area contributed by atoms with E-state index in [9.17, 15) is 9.90 Å². The molecule has 8 nitrogen and oxygen atoms in total. The lowest BCUT2D eigenvalue weighted by molar-refractivity contribution is -0.255. The molecular formula is C40H66N4O4S. The average Bonchev–Trinajstić information content (AvgIpc) is 3.48. The van der Waals surface area contributed by atoms with E-state index in [4.69, 9.17) is 25.3 Å². The minimum absolute atomic E-state index is 0.0151. The number of thioether (sulfide) groups is 1. The highest BCUT2D eigenvalue weighted by atomic mass is 32.2. The molecular weight excluding hydrogens is 633 g/mol. The van der Waals surface area contributed by atoms with Gasteiger partial charge in [0.25, 0.3) is 0 Å². The van der Waals surface area contributed by atoms with Crippen molar-refractivity contribution in [2.24, 2.45) is 68.3 Å². The monoisotopic (exact) mass is 698 g/mol. The van der Waals surface area contributed by atoms with Gasteiger partial charge in [-0.2, -0.15) is 5.10 Å². The summed E-state index contributed by atoms with van der Waals surface area (Å²) >= 11 is 1.74. The number of carboxylic acids is 1. The van der Waals surface area contributed by atoms with Crippen LogP contribution in [0.25, 0.3) is 0 Å². The Kier molecular flexibility index (Phi) is 9.61. The van der Waals surface area contributed by atoms with Gasteiger partial charge in [0.2, 0.25) is 0 Å². The summed E-state index contributed by atoms with van der Waals surface area (Å²) in [4.78, 5) is 18.3. The molecule has 1 aromatic rings. The zero-order chi connectivity index (χ0) is 35.9. The molecule has 3 saturated carbocycles. The van der Waals surface area contributed by atoms with Gasteiger partial charge in [-0.3, -0.25) is 4.79 Å². The second-order valence-corrected chi connectivity index (χ2v) is 20.2. The second kappa shape index (κ2) is 12.6. The van der Waals surface area contributed by atoms with Gasteiger partial charge < -0.3 is 20.3 Å².